The van der Waals surface area contributed by atoms with Crippen molar-refractivity contribution in [2.75, 3.05) is 6.61 Å². The number of carbonyl (C=O) groups excluding carboxylic acids is 1. The smallest absolute Gasteiger partial charge is 0.136 e. The van der Waals surface area contributed by atoms with Crippen LogP contribution in [-0.2, 0) is 4.79 Å². The van der Waals surface area contributed by atoms with E-state index in [4.69, 9.17) is 0 Å². The molecule has 23 heavy (non-hydrogen) atoms. The van der Waals surface area contributed by atoms with Crippen molar-refractivity contribution in [1.82, 2.24) is 0 Å². The first kappa shape index (κ1) is 17.2. The number of aliphatic hydroxyl groups excluding tert-OH is 2. The molecule has 0 heterocycles. The lowest BCUT2D eigenvalue weighted by atomic mass is 9.42. The highest BCUT2D eigenvalue weighted by Gasteiger charge is 2.62. The summed E-state index contributed by atoms with van der Waals surface area (Å²) in [5.74, 6) is 0.955. The highest BCUT2D eigenvalue weighted by atomic mass is 16.3. The second-order valence-corrected chi connectivity index (χ2v) is 9.26. The predicted octanol–water partition coefficient (Wildman–Crippen LogP) is 3.34. The summed E-state index contributed by atoms with van der Waals surface area (Å²) in [7, 11) is 0. The Hall–Kier alpha value is -0.670. The number of carbonyl (C=O) groups is 1. The maximum Gasteiger partial charge on any atom is 0.136 e. The lowest BCUT2D eigenvalue weighted by molar-refractivity contribution is -0.186. The minimum Gasteiger partial charge on any atom is -0.396 e. The van der Waals surface area contributed by atoms with Crippen LogP contribution < -0.4 is 0 Å². The standard InChI is InChI=1S/C20H32O3/c1-5-18(2)8-6-14-13(11-18)15(22)10-16-19(14,3)9-7-17(23)20(16,4)12-21/h5,13-14,16-17,21,23H,1,6-12H2,2-4H3/t13-,14-,16-,17+,18+,19-,20+/m0/s1. The van der Waals surface area contributed by atoms with Gasteiger partial charge in [-0.3, -0.25) is 4.79 Å². The van der Waals surface area contributed by atoms with E-state index in [-0.39, 0.29) is 29.3 Å². The van der Waals surface area contributed by atoms with Gasteiger partial charge in [-0.2, -0.15) is 0 Å². The van der Waals surface area contributed by atoms with E-state index in [2.05, 4.69) is 20.4 Å². The molecule has 3 rings (SSSR count). The normalized spacial score (nSPS) is 53.3. The molecule has 0 radical (unpaired) electrons. The number of hydrogen-bond donors (Lipinski definition) is 2. The van der Waals surface area contributed by atoms with Crippen LogP contribution in [-0.4, -0.2) is 28.7 Å². The molecule has 0 unspecified atom stereocenters. The average Bonchev–Trinajstić information content (AvgIpc) is 2.54. The van der Waals surface area contributed by atoms with Crippen molar-refractivity contribution in [3.05, 3.63) is 12.7 Å². The molecule has 3 nitrogen and oxygen atoms in total. The van der Waals surface area contributed by atoms with Gasteiger partial charge in [0.25, 0.3) is 0 Å². The third-order valence-corrected chi connectivity index (χ3v) is 8.01. The Balaban J connectivity index is 1.97. The van der Waals surface area contributed by atoms with Gasteiger partial charge < -0.3 is 10.2 Å². The first-order valence-corrected chi connectivity index (χ1v) is 9.15. The molecule has 0 aromatic rings. The number of allylic oxidation sites excluding steroid dienone is 1. The van der Waals surface area contributed by atoms with E-state index in [1.165, 1.54) is 0 Å². The molecular formula is C20H32O3. The largest absolute Gasteiger partial charge is 0.396 e. The lowest BCUT2D eigenvalue weighted by Crippen LogP contribution is -2.61. The molecule has 3 saturated carbocycles. The second-order valence-electron chi connectivity index (χ2n) is 9.26. The fourth-order valence-corrected chi connectivity index (χ4v) is 6.16. The third kappa shape index (κ3) is 2.34. The van der Waals surface area contributed by atoms with Gasteiger partial charge in [0.1, 0.15) is 5.78 Å². The summed E-state index contributed by atoms with van der Waals surface area (Å²) >= 11 is 0. The molecule has 0 aromatic carbocycles. The Kier molecular flexibility index (Phi) is 4.04. The molecule has 0 aromatic heterocycles. The SMILES string of the molecule is C=C[C@]1(C)CC[C@H]2[C@H](C1)C(=O)C[C@@H]1[C@@](C)(CO)[C@H](O)CC[C@]12C. The van der Waals surface area contributed by atoms with Gasteiger partial charge in [-0.15, -0.1) is 6.58 Å². The predicted molar refractivity (Wildman–Crippen MR) is 90.8 cm³/mol. The van der Waals surface area contributed by atoms with Gasteiger partial charge in [-0.25, -0.2) is 0 Å². The number of ketones is 1. The zero-order valence-corrected chi connectivity index (χ0v) is 14.8. The fraction of sp³-hybridized carbons (Fsp3) is 0.850. The Morgan fingerprint density at radius 1 is 1.26 bits per heavy atom. The number of rotatable bonds is 2. The van der Waals surface area contributed by atoms with Crippen molar-refractivity contribution >= 4 is 5.78 Å². The summed E-state index contributed by atoms with van der Waals surface area (Å²) < 4.78 is 0. The summed E-state index contributed by atoms with van der Waals surface area (Å²) in [4.78, 5) is 12.9. The molecule has 0 saturated heterocycles. The molecule has 3 aliphatic rings. The lowest BCUT2D eigenvalue weighted by Gasteiger charge is -2.62. The van der Waals surface area contributed by atoms with Crippen molar-refractivity contribution in [1.29, 1.82) is 0 Å². The van der Waals surface area contributed by atoms with Crippen molar-refractivity contribution in [3.63, 3.8) is 0 Å². The molecule has 0 amide bonds. The third-order valence-electron chi connectivity index (χ3n) is 8.01. The maximum atomic E-state index is 12.9. The van der Waals surface area contributed by atoms with Gasteiger partial charge in [0.15, 0.2) is 0 Å². The Morgan fingerprint density at radius 3 is 2.57 bits per heavy atom. The van der Waals surface area contributed by atoms with Crippen LogP contribution in [0.4, 0.5) is 0 Å². The number of aliphatic hydroxyl groups is 2. The topological polar surface area (TPSA) is 57.5 Å². The summed E-state index contributed by atoms with van der Waals surface area (Å²) in [6.45, 7) is 10.5. The summed E-state index contributed by atoms with van der Waals surface area (Å²) in [5, 5.41) is 20.5. The van der Waals surface area contributed by atoms with Crippen LogP contribution in [0.15, 0.2) is 12.7 Å². The molecule has 0 bridgehead atoms. The van der Waals surface area contributed by atoms with Gasteiger partial charge in [0.05, 0.1) is 12.7 Å². The van der Waals surface area contributed by atoms with Crippen molar-refractivity contribution < 1.29 is 15.0 Å². The number of fused-ring (bicyclic) bond motifs is 3. The Bertz CT molecular complexity index is 515. The van der Waals surface area contributed by atoms with Crippen LogP contribution in [0.3, 0.4) is 0 Å². The molecule has 7 atom stereocenters. The van der Waals surface area contributed by atoms with Crippen LogP contribution in [0.5, 0.6) is 0 Å². The van der Waals surface area contributed by atoms with Crippen LogP contribution in [0, 0.1) is 34.0 Å². The molecule has 3 fully saturated rings. The van der Waals surface area contributed by atoms with Gasteiger partial charge in [-0.1, -0.05) is 26.8 Å². The fourth-order valence-electron chi connectivity index (χ4n) is 6.16. The first-order valence-electron chi connectivity index (χ1n) is 9.15. The van der Waals surface area contributed by atoms with E-state index in [1.807, 2.05) is 13.0 Å². The minimum atomic E-state index is -0.549. The van der Waals surface area contributed by atoms with Crippen LogP contribution >= 0.6 is 0 Å². The quantitative estimate of drug-likeness (QED) is 0.767. The summed E-state index contributed by atoms with van der Waals surface area (Å²) in [6, 6.07) is 0. The monoisotopic (exact) mass is 320 g/mol. The van der Waals surface area contributed by atoms with Gasteiger partial charge >= 0.3 is 0 Å². The summed E-state index contributed by atoms with van der Waals surface area (Å²) in [5.41, 5.74) is -0.418. The molecule has 2 N–H and O–H groups in total. The number of Topliss-reactive ketones (excluding diaryl/α,β-unsaturated/α-hetero) is 1. The van der Waals surface area contributed by atoms with E-state index in [0.717, 1.165) is 32.1 Å². The van der Waals surface area contributed by atoms with Crippen LogP contribution in [0.1, 0.15) is 59.3 Å². The molecule has 3 heteroatoms. The first-order chi connectivity index (χ1) is 10.7. The second kappa shape index (κ2) is 5.42. The maximum absolute atomic E-state index is 12.9. The zero-order chi connectivity index (χ0) is 17.0. The van der Waals surface area contributed by atoms with E-state index < -0.39 is 11.5 Å². The van der Waals surface area contributed by atoms with E-state index in [0.29, 0.717) is 18.1 Å². The van der Waals surface area contributed by atoms with Crippen LogP contribution in [0.25, 0.3) is 0 Å². The van der Waals surface area contributed by atoms with E-state index in [9.17, 15) is 15.0 Å². The van der Waals surface area contributed by atoms with Gasteiger partial charge in [-0.05, 0) is 54.8 Å². The molecule has 0 spiro atoms. The van der Waals surface area contributed by atoms with Crippen molar-refractivity contribution in [2.45, 2.75) is 65.4 Å². The highest BCUT2D eigenvalue weighted by Crippen LogP contribution is 2.64. The van der Waals surface area contributed by atoms with Crippen LogP contribution in [0.2, 0.25) is 0 Å². The molecular weight excluding hydrogens is 288 g/mol. The van der Waals surface area contributed by atoms with Gasteiger partial charge in [0, 0.05) is 17.8 Å². The Labute approximate surface area is 140 Å². The molecule has 3 aliphatic carbocycles. The van der Waals surface area contributed by atoms with E-state index in [1.54, 1.807) is 0 Å². The minimum absolute atomic E-state index is 0.0382. The van der Waals surface area contributed by atoms with Crippen molar-refractivity contribution in [2.24, 2.45) is 34.0 Å². The van der Waals surface area contributed by atoms with E-state index >= 15 is 0 Å². The Morgan fingerprint density at radius 2 is 1.96 bits per heavy atom. The highest BCUT2D eigenvalue weighted by molar-refractivity contribution is 5.83. The molecule has 0 aliphatic heterocycles. The van der Waals surface area contributed by atoms with Gasteiger partial charge in [0.2, 0.25) is 0 Å². The summed E-state index contributed by atoms with van der Waals surface area (Å²) in [6.07, 6.45) is 6.81. The number of hydrogen-bond acceptors (Lipinski definition) is 3. The average molecular weight is 320 g/mol. The van der Waals surface area contributed by atoms with Crippen molar-refractivity contribution in [3.8, 4) is 0 Å². The zero-order valence-electron chi connectivity index (χ0n) is 14.8. The molecule has 130 valence electrons.